The second-order valence-corrected chi connectivity index (χ2v) is 10.2. The van der Waals surface area contributed by atoms with E-state index < -0.39 is 29.3 Å². The molecule has 3 rings (SSSR count). The zero-order valence-corrected chi connectivity index (χ0v) is 22.1. The molecule has 1 N–H and O–H groups in total. The molecule has 7 heteroatoms. The van der Waals surface area contributed by atoms with E-state index in [1.54, 1.807) is 32.9 Å². The van der Waals surface area contributed by atoms with Crippen LogP contribution in [0.2, 0.25) is 0 Å². The predicted octanol–water partition coefficient (Wildman–Crippen LogP) is 5.85. The fourth-order valence-corrected chi connectivity index (χ4v) is 4.00. The van der Waals surface area contributed by atoms with Gasteiger partial charge in [0, 0.05) is 12.0 Å². The smallest absolute Gasteiger partial charge is 0.408 e. The van der Waals surface area contributed by atoms with Gasteiger partial charge in [-0.25, -0.2) is 14.4 Å². The summed E-state index contributed by atoms with van der Waals surface area (Å²) in [5.41, 5.74) is 2.14. The molecule has 1 aromatic heterocycles. The molecular formula is C29H35NO6. The van der Waals surface area contributed by atoms with Gasteiger partial charge in [-0.3, -0.25) is 0 Å². The Hall–Kier alpha value is -3.61. The summed E-state index contributed by atoms with van der Waals surface area (Å²) >= 11 is 0. The van der Waals surface area contributed by atoms with Crippen LogP contribution >= 0.6 is 0 Å². The molecule has 0 bridgehead atoms. The summed E-state index contributed by atoms with van der Waals surface area (Å²) in [7, 11) is 0. The van der Waals surface area contributed by atoms with Crippen LogP contribution in [0.15, 0.2) is 51.7 Å². The second kappa shape index (κ2) is 11.0. The van der Waals surface area contributed by atoms with Crippen LogP contribution in [0, 0.1) is 19.8 Å². The van der Waals surface area contributed by atoms with Crippen molar-refractivity contribution in [2.24, 2.45) is 5.92 Å². The van der Waals surface area contributed by atoms with E-state index >= 15 is 0 Å². The van der Waals surface area contributed by atoms with Gasteiger partial charge in [-0.15, -0.1) is 0 Å². The normalized spacial score (nSPS) is 13.2. The Morgan fingerprint density at radius 2 is 1.75 bits per heavy atom. The predicted molar refractivity (Wildman–Crippen MR) is 139 cm³/mol. The van der Waals surface area contributed by atoms with Crippen molar-refractivity contribution in [2.75, 3.05) is 0 Å². The second-order valence-electron chi connectivity index (χ2n) is 10.2. The summed E-state index contributed by atoms with van der Waals surface area (Å²) in [5.74, 6) is -0.532. The van der Waals surface area contributed by atoms with Gasteiger partial charge in [0.05, 0.1) is 5.39 Å². The molecule has 0 spiro atoms. The molecule has 2 atom stereocenters. The van der Waals surface area contributed by atoms with Crippen molar-refractivity contribution in [3.63, 3.8) is 0 Å². The number of aryl methyl sites for hydroxylation is 2. The van der Waals surface area contributed by atoms with Crippen LogP contribution < -0.4 is 15.7 Å². The van der Waals surface area contributed by atoms with E-state index in [1.165, 1.54) is 0 Å². The Morgan fingerprint density at radius 1 is 1.08 bits per heavy atom. The number of esters is 1. The SMILES string of the molecule is CC[C@@H](C)[C@H](NC(=O)OC(C)(C)C)C(=O)Oc1cc(C)cc2oc(=O)c(Cc3ccccc3)c(C)c12. The largest absolute Gasteiger partial charge is 0.444 e. The van der Waals surface area contributed by atoms with Gasteiger partial charge in [0.1, 0.15) is 23.0 Å². The number of alkyl carbamates (subject to hydrolysis) is 1. The molecule has 0 saturated heterocycles. The number of amides is 1. The van der Waals surface area contributed by atoms with Gasteiger partial charge in [0.15, 0.2) is 0 Å². The van der Waals surface area contributed by atoms with Crippen LogP contribution in [-0.4, -0.2) is 23.7 Å². The highest BCUT2D eigenvalue weighted by Crippen LogP contribution is 2.32. The summed E-state index contributed by atoms with van der Waals surface area (Å²) in [5, 5.41) is 3.22. The lowest BCUT2D eigenvalue weighted by molar-refractivity contribution is -0.138. The van der Waals surface area contributed by atoms with Crippen LogP contribution in [0.25, 0.3) is 11.0 Å². The number of benzene rings is 2. The molecule has 0 fully saturated rings. The van der Waals surface area contributed by atoms with Crippen LogP contribution in [0.4, 0.5) is 4.79 Å². The Balaban J connectivity index is 2.01. The van der Waals surface area contributed by atoms with Crippen LogP contribution in [0.3, 0.4) is 0 Å². The van der Waals surface area contributed by atoms with Crippen molar-refractivity contribution < 1.29 is 23.5 Å². The molecule has 1 amide bonds. The third-order valence-electron chi connectivity index (χ3n) is 6.06. The van der Waals surface area contributed by atoms with E-state index in [4.69, 9.17) is 13.9 Å². The van der Waals surface area contributed by atoms with Crippen LogP contribution in [-0.2, 0) is 16.0 Å². The molecule has 0 saturated carbocycles. The molecule has 7 nitrogen and oxygen atoms in total. The third-order valence-corrected chi connectivity index (χ3v) is 6.06. The maximum Gasteiger partial charge on any atom is 0.408 e. The Kier molecular flexibility index (Phi) is 8.23. The van der Waals surface area contributed by atoms with E-state index in [0.717, 1.165) is 11.1 Å². The van der Waals surface area contributed by atoms with E-state index in [9.17, 15) is 14.4 Å². The highest BCUT2D eigenvalue weighted by Gasteiger charge is 2.31. The molecule has 36 heavy (non-hydrogen) atoms. The van der Waals surface area contributed by atoms with E-state index in [1.807, 2.05) is 58.0 Å². The maximum atomic E-state index is 13.3. The third kappa shape index (κ3) is 6.53. The van der Waals surface area contributed by atoms with E-state index in [0.29, 0.717) is 34.9 Å². The highest BCUT2D eigenvalue weighted by molar-refractivity contribution is 5.92. The minimum atomic E-state index is -0.916. The zero-order valence-electron chi connectivity index (χ0n) is 22.1. The summed E-state index contributed by atoms with van der Waals surface area (Å²) in [6.45, 7) is 12.7. The zero-order chi connectivity index (χ0) is 26.6. The average molecular weight is 494 g/mol. The molecule has 1 heterocycles. The first-order valence-corrected chi connectivity index (χ1v) is 12.2. The van der Waals surface area contributed by atoms with Gasteiger partial charge >= 0.3 is 17.7 Å². The minimum Gasteiger partial charge on any atom is -0.444 e. The number of rotatable bonds is 7. The summed E-state index contributed by atoms with van der Waals surface area (Å²) in [6, 6.07) is 12.2. The number of carbonyl (C=O) groups is 2. The van der Waals surface area contributed by atoms with Gasteiger partial charge in [0.25, 0.3) is 0 Å². The van der Waals surface area contributed by atoms with E-state index in [-0.39, 0.29) is 11.7 Å². The molecule has 3 aromatic rings. The van der Waals surface area contributed by atoms with Crippen molar-refractivity contribution in [1.82, 2.24) is 5.32 Å². The maximum absolute atomic E-state index is 13.3. The van der Waals surface area contributed by atoms with Crippen molar-refractivity contribution in [1.29, 1.82) is 0 Å². The van der Waals surface area contributed by atoms with Crippen molar-refractivity contribution in [3.05, 3.63) is 75.1 Å². The van der Waals surface area contributed by atoms with Gasteiger partial charge in [-0.2, -0.15) is 0 Å². The van der Waals surface area contributed by atoms with Gasteiger partial charge in [-0.1, -0.05) is 50.6 Å². The summed E-state index contributed by atoms with van der Waals surface area (Å²) in [6.07, 6.45) is 0.340. The van der Waals surface area contributed by atoms with Crippen LogP contribution in [0.5, 0.6) is 5.75 Å². The molecule has 2 aromatic carbocycles. The van der Waals surface area contributed by atoms with Crippen LogP contribution in [0.1, 0.15) is 63.3 Å². The van der Waals surface area contributed by atoms with Gasteiger partial charge in [-0.05, 0) is 69.4 Å². The number of nitrogens with one attached hydrogen (secondary N) is 1. The topological polar surface area (TPSA) is 94.8 Å². The quantitative estimate of drug-likeness (QED) is 0.252. The molecule has 0 aliphatic heterocycles. The molecular weight excluding hydrogens is 458 g/mol. The van der Waals surface area contributed by atoms with Crippen molar-refractivity contribution >= 4 is 23.0 Å². The first kappa shape index (κ1) is 27.0. The fourth-order valence-electron chi connectivity index (χ4n) is 4.00. The average Bonchev–Trinajstić information content (AvgIpc) is 2.78. The van der Waals surface area contributed by atoms with Gasteiger partial charge < -0.3 is 19.2 Å². The summed E-state index contributed by atoms with van der Waals surface area (Å²) < 4.78 is 16.9. The number of carbonyl (C=O) groups excluding carboxylic acids is 2. The number of fused-ring (bicyclic) bond motifs is 1. The van der Waals surface area contributed by atoms with Crippen molar-refractivity contribution in [2.45, 2.75) is 73.0 Å². The molecule has 0 unspecified atom stereocenters. The Labute approximate surface area is 211 Å². The first-order chi connectivity index (χ1) is 16.9. The molecule has 0 aliphatic carbocycles. The van der Waals surface area contributed by atoms with Gasteiger partial charge in [0.2, 0.25) is 0 Å². The molecule has 0 radical (unpaired) electrons. The monoisotopic (exact) mass is 493 g/mol. The lowest BCUT2D eigenvalue weighted by Crippen LogP contribution is -2.48. The number of hydrogen-bond acceptors (Lipinski definition) is 6. The van der Waals surface area contributed by atoms with E-state index in [2.05, 4.69) is 5.32 Å². The highest BCUT2D eigenvalue weighted by atomic mass is 16.6. The van der Waals surface area contributed by atoms with Crippen molar-refractivity contribution in [3.8, 4) is 5.75 Å². The summed E-state index contributed by atoms with van der Waals surface area (Å²) in [4.78, 5) is 38.6. The first-order valence-electron chi connectivity index (χ1n) is 12.2. The lowest BCUT2D eigenvalue weighted by atomic mass is 9.98. The Bertz CT molecular complexity index is 1300. The minimum absolute atomic E-state index is 0.200. The standard InChI is InChI=1S/C29H35NO6/c1-8-18(3)25(30-28(33)36-29(5,6)7)27(32)35-23-15-17(2)14-22-24(23)19(4)21(26(31)34-22)16-20-12-10-9-11-13-20/h9-15,18,25H,8,16H2,1-7H3,(H,30,33)/t18-,25+/m1/s1. The number of ether oxygens (including phenoxy) is 2. The fraction of sp³-hybridized carbons (Fsp3) is 0.414. The lowest BCUT2D eigenvalue weighted by Gasteiger charge is -2.26. The number of hydrogen-bond donors (Lipinski definition) is 1. The molecule has 0 aliphatic rings. The Morgan fingerprint density at radius 3 is 2.36 bits per heavy atom. The molecule has 192 valence electrons.